The number of carboxylic acids is 1. The summed E-state index contributed by atoms with van der Waals surface area (Å²) in [5, 5.41) is 11.4. The van der Waals surface area contributed by atoms with Gasteiger partial charge in [-0.05, 0) is 39.7 Å². The Bertz CT molecular complexity index is 895. The Hall–Kier alpha value is -3.43. The molecule has 10 heteroatoms. The van der Waals surface area contributed by atoms with Crippen LogP contribution in [0.4, 0.5) is 4.79 Å². The maximum atomic E-state index is 12.8. The molecule has 0 fully saturated rings. The largest absolute Gasteiger partial charge is 0.480 e. The Morgan fingerprint density at radius 2 is 1.94 bits per heavy atom. The van der Waals surface area contributed by atoms with Gasteiger partial charge in [0.1, 0.15) is 12.1 Å². The number of carbonyl (C=O) groups is 4. The highest BCUT2D eigenvalue weighted by Crippen LogP contribution is 2.10. The topological polar surface area (TPSA) is 141 Å². The number of hydrogen-bond donors (Lipinski definition) is 2. The van der Waals surface area contributed by atoms with Crippen LogP contribution in [0.25, 0.3) is 0 Å². The summed E-state index contributed by atoms with van der Waals surface area (Å²) in [6.07, 6.45) is 3.36. The molecule has 1 rings (SSSR count). The second-order valence-electron chi connectivity index (χ2n) is 7.71. The summed E-state index contributed by atoms with van der Waals surface area (Å²) in [5.41, 5.74) is -1.26. The van der Waals surface area contributed by atoms with Gasteiger partial charge in [0, 0.05) is 24.3 Å². The first kappa shape index (κ1) is 25.6. The Balaban J connectivity index is 2.97. The molecular weight excluding hydrogens is 408 g/mol. The summed E-state index contributed by atoms with van der Waals surface area (Å²) >= 11 is 0. The molecule has 1 aromatic heterocycles. The van der Waals surface area contributed by atoms with Gasteiger partial charge in [0.15, 0.2) is 5.78 Å². The monoisotopic (exact) mass is 436 g/mol. The van der Waals surface area contributed by atoms with Crippen molar-refractivity contribution in [2.75, 3.05) is 7.11 Å². The summed E-state index contributed by atoms with van der Waals surface area (Å²) < 4.78 is 10.7. The van der Waals surface area contributed by atoms with Crippen LogP contribution >= 0.6 is 0 Å². The second-order valence-corrected chi connectivity index (χ2v) is 7.71. The van der Waals surface area contributed by atoms with Crippen LogP contribution in [0.1, 0.15) is 39.2 Å². The van der Waals surface area contributed by atoms with Crippen LogP contribution in [-0.2, 0) is 36.8 Å². The number of alkyl carbamates (subject to hydrolysis) is 1. The lowest BCUT2D eigenvalue weighted by molar-refractivity contribution is -0.138. The highest BCUT2D eigenvalue weighted by atomic mass is 16.6. The molecule has 0 saturated heterocycles. The molecule has 1 aromatic rings. The van der Waals surface area contributed by atoms with Gasteiger partial charge in [0.05, 0.1) is 13.2 Å². The highest BCUT2D eigenvalue weighted by molar-refractivity contribution is 5.89. The lowest BCUT2D eigenvalue weighted by atomic mass is 10.0. The van der Waals surface area contributed by atoms with Gasteiger partial charge in [-0.2, -0.15) is 0 Å². The Morgan fingerprint density at radius 1 is 1.26 bits per heavy atom. The van der Waals surface area contributed by atoms with E-state index in [2.05, 4.69) is 10.1 Å². The first-order chi connectivity index (χ1) is 14.4. The van der Waals surface area contributed by atoms with Crippen molar-refractivity contribution in [2.45, 2.75) is 58.2 Å². The van der Waals surface area contributed by atoms with Gasteiger partial charge in [-0.15, -0.1) is 0 Å². The number of esters is 1. The van der Waals surface area contributed by atoms with E-state index in [1.165, 1.54) is 37.6 Å². The van der Waals surface area contributed by atoms with Gasteiger partial charge in [0.25, 0.3) is 5.56 Å². The third-order valence-electron chi connectivity index (χ3n) is 3.93. The third-order valence-corrected chi connectivity index (χ3v) is 3.93. The number of ketones is 1. The van der Waals surface area contributed by atoms with E-state index in [4.69, 9.17) is 9.84 Å². The lowest BCUT2D eigenvalue weighted by Gasteiger charge is -2.23. The highest BCUT2D eigenvalue weighted by Gasteiger charge is 2.24. The molecule has 0 spiro atoms. The number of aromatic nitrogens is 1. The van der Waals surface area contributed by atoms with Crippen molar-refractivity contribution >= 4 is 23.8 Å². The van der Waals surface area contributed by atoms with Crippen LogP contribution in [0.2, 0.25) is 0 Å². The molecule has 0 unspecified atom stereocenters. The Labute approximate surface area is 179 Å². The smallest absolute Gasteiger partial charge is 0.408 e. The number of ether oxygens (including phenoxy) is 2. The van der Waals surface area contributed by atoms with Crippen LogP contribution < -0.4 is 10.9 Å². The third kappa shape index (κ3) is 9.75. The number of carbonyl (C=O) groups excluding carboxylic acids is 3. The van der Waals surface area contributed by atoms with Crippen LogP contribution in [0, 0.1) is 0 Å². The minimum atomic E-state index is -1.19. The van der Waals surface area contributed by atoms with E-state index in [0.29, 0.717) is 0 Å². The quantitative estimate of drug-likeness (QED) is 0.415. The van der Waals surface area contributed by atoms with Crippen molar-refractivity contribution in [1.29, 1.82) is 0 Å². The molecule has 0 aliphatic rings. The maximum Gasteiger partial charge on any atom is 0.408 e. The molecule has 0 saturated carbocycles. The number of aliphatic carboxylic acids is 1. The summed E-state index contributed by atoms with van der Waals surface area (Å²) in [7, 11) is 1.24. The number of allylic oxidation sites excluding steroid dienone is 1. The number of Topliss-reactive ketones (excluding diaryl/α,β-unsaturated/α-hetero) is 1. The summed E-state index contributed by atoms with van der Waals surface area (Å²) in [6, 6.07) is 1.92. The molecule has 0 aromatic carbocycles. The molecule has 170 valence electrons. The van der Waals surface area contributed by atoms with Gasteiger partial charge in [-0.25, -0.2) is 9.59 Å². The van der Waals surface area contributed by atoms with E-state index < -0.39 is 47.6 Å². The number of nitrogens with one attached hydrogen (secondary N) is 1. The van der Waals surface area contributed by atoms with Crippen molar-refractivity contribution < 1.29 is 33.8 Å². The minimum absolute atomic E-state index is 0.106. The fraction of sp³-hybridized carbons (Fsp3) is 0.476. The number of carboxylic acid groups (broad SMARTS) is 1. The Morgan fingerprint density at radius 3 is 2.52 bits per heavy atom. The van der Waals surface area contributed by atoms with Crippen molar-refractivity contribution in [1.82, 2.24) is 9.88 Å². The number of amides is 1. The first-order valence-corrected chi connectivity index (χ1v) is 9.59. The van der Waals surface area contributed by atoms with Crippen molar-refractivity contribution in [3.05, 3.63) is 46.4 Å². The first-order valence-electron chi connectivity index (χ1n) is 9.59. The molecular formula is C21H28N2O8. The van der Waals surface area contributed by atoms with Crippen molar-refractivity contribution in [3.8, 4) is 0 Å². The molecule has 0 radical (unpaired) electrons. The predicted molar refractivity (Wildman–Crippen MR) is 111 cm³/mol. The van der Waals surface area contributed by atoms with E-state index in [1.807, 2.05) is 0 Å². The molecule has 31 heavy (non-hydrogen) atoms. The predicted octanol–water partition coefficient (Wildman–Crippen LogP) is 1.45. The fourth-order valence-electron chi connectivity index (χ4n) is 2.58. The minimum Gasteiger partial charge on any atom is -0.480 e. The number of pyridine rings is 1. The van der Waals surface area contributed by atoms with E-state index in [0.717, 1.165) is 4.57 Å². The fourth-order valence-corrected chi connectivity index (χ4v) is 2.58. The summed E-state index contributed by atoms with van der Waals surface area (Å²) in [5.74, 6) is -2.19. The van der Waals surface area contributed by atoms with Gasteiger partial charge in [0.2, 0.25) is 0 Å². The van der Waals surface area contributed by atoms with Crippen molar-refractivity contribution in [3.63, 3.8) is 0 Å². The normalized spacial score (nSPS) is 12.3. The van der Waals surface area contributed by atoms with Crippen LogP contribution in [0.3, 0.4) is 0 Å². The Kier molecular flexibility index (Phi) is 9.65. The van der Waals surface area contributed by atoms with E-state index in [-0.39, 0.29) is 24.8 Å². The molecule has 0 aliphatic carbocycles. The molecule has 1 heterocycles. The van der Waals surface area contributed by atoms with Gasteiger partial charge in [-0.1, -0.05) is 12.1 Å². The van der Waals surface area contributed by atoms with E-state index in [1.54, 1.807) is 20.8 Å². The van der Waals surface area contributed by atoms with Crippen LogP contribution in [-0.4, -0.2) is 52.2 Å². The van der Waals surface area contributed by atoms with E-state index >= 15 is 0 Å². The number of nitrogens with zero attached hydrogens (tertiary/aromatic N) is 1. The standard InChI is InChI=1S/C21H28N2O8/c1-21(2,3)31-20(29)22-15(9-5-6-10-18(27)30-4)16(24)12-14-8-7-11-23(19(14)28)13-17(25)26/h6-8,10-11,15H,5,9,12-13H2,1-4H3,(H,22,29)(H,25,26)/b10-6+/t15-/m0/s1. The zero-order valence-corrected chi connectivity index (χ0v) is 18.0. The summed E-state index contributed by atoms with van der Waals surface area (Å²) in [4.78, 5) is 59.4. The molecule has 2 N–H and O–H groups in total. The van der Waals surface area contributed by atoms with Crippen LogP contribution in [0.5, 0.6) is 0 Å². The van der Waals surface area contributed by atoms with Gasteiger partial charge >= 0.3 is 18.0 Å². The lowest BCUT2D eigenvalue weighted by Crippen LogP contribution is -2.44. The molecule has 0 aliphatic heterocycles. The SMILES string of the molecule is COC(=O)/C=C/CC[C@H](NC(=O)OC(C)(C)C)C(=O)Cc1cccn(CC(=O)O)c1=O. The number of rotatable bonds is 10. The molecule has 1 amide bonds. The van der Waals surface area contributed by atoms with Gasteiger partial charge in [-0.3, -0.25) is 14.4 Å². The molecule has 10 nitrogen and oxygen atoms in total. The number of methoxy groups -OCH3 is 1. The van der Waals surface area contributed by atoms with Crippen LogP contribution in [0.15, 0.2) is 35.3 Å². The second kappa shape index (κ2) is 11.7. The average molecular weight is 436 g/mol. The van der Waals surface area contributed by atoms with E-state index in [9.17, 15) is 24.0 Å². The van der Waals surface area contributed by atoms with Gasteiger partial charge < -0.3 is 24.5 Å². The molecule has 1 atom stereocenters. The zero-order valence-electron chi connectivity index (χ0n) is 18.0. The molecule has 0 bridgehead atoms. The number of hydrogen-bond acceptors (Lipinski definition) is 7. The zero-order chi connectivity index (χ0) is 23.6. The van der Waals surface area contributed by atoms with Crippen molar-refractivity contribution in [2.24, 2.45) is 0 Å². The summed E-state index contributed by atoms with van der Waals surface area (Å²) in [6.45, 7) is 4.50. The average Bonchev–Trinajstić information content (AvgIpc) is 2.65. The maximum absolute atomic E-state index is 12.8.